The molecule has 0 aromatic carbocycles. The molecule has 110 valence electrons. The van der Waals surface area contributed by atoms with E-state index in [1.54, 1.807) is 0 Å². The number of piperidine rings is 1. The minimum Gasteiger partial charge on any atom is -0.340 e. The van der Waals surface area contributed by atoms with E-state index in [2.05, 4.69) is 22.0 Å². The third-order valence-electron chi connectivity index (χ3n) is 5.69. The highest BCUT2D eigenvalue weighted by atomic mass is 15.4. The number of nitrogens with two attached hydrogens (primary N) is 1. The summed E-state index contributed by atoms with van der Waals surface area (Å²) >= 11 is 0. The first-order valence-electron chi connectivity index (χ1n) is 8.13. The van der Waals surface area contributed by atoms with Crippen LogP contribution in [0.4, 0.5) is 5.95 Å². The summed E-state index contributed by atoms with van der Waals surface area (Å²) in [6, 6.07) is 0.310. The topological polar surface area (TPSA) is 70.8 Å². The van der Waals surface area contributed by atoms with E-state index in [9.17, 15) is 0 Å². The summed E-state index contributed by atoms with van der Waals surface area (Å²) in [6.07, 6.45) is 6.44. The van der Waals surface area contributed by atoms with Gasteiger partial charge in [0, 0.05) is 25.0 Å². The van der Waals surface area contributed by atoms with E-state index in [1.165, 1.54) is 19.3 Å². The fourth-order valence-corrected chi connectivity index (χ4v) is 4.15. The number of fused-ring (bicyclic) bond motifs is 1. The van der Waals surface area contributed by atoms with Gasteiger partial charge in [0.15, 0.2) is 0 Å². The third-order valence-corrected chi connectivity index (χ3v) is 5.69. The Labute approximate surface area is 120 Å². The number of H-pyrrole nitrogens is 1. The quantitative estimate of drug-likeness (QED) is 0.883. The lowest BCUT2D eigenvalue weighted by Gasteiger charge is -2.32. The second kappa shape index (κ2) is 4.72. The van der Waals surface area contributed by atoms with E-state index in [-0.39, 0.29) is 0 Å². The van der Waals surface area contributed by atoms with Crippen LogP contribution in [0.15, 0.2) is 0 Å². The number of aromatic nitrogens is 3. The van der Waals surface area contributed by atoms with Gasteiger partial charge in [0.05, 0.1) is 0 Å². The van der Waals surface area contributed by atoms with Crippen molar-refractivity contribution in [3.8, 4) is 0 Å². The smallest absolute Gasteiger partial charge is 0.244 e. The molecule has 3 atom stereocenters. The molecule has 3 unspecified atom stereocenters. The van der Waals surface area contributed by atoms with Gasteiger partial charge in [0.25, 0.3) is 0 Å². The maximum absolute atomic E-state index is 6.00. The van der Waals surface area contributed by atoms with Gasteiger partial charge in [-0.2, -0.15) is 4.98 Å². The number of rotatable bonds is 3. The second-order valence-corrected chi connectivity index (χ2v) is 7.13. The zero-order chi connectivity index (χ0) is 13.7. The molecular weight excluding hydrogens is 250 g/mol. The van der Waals surface area contributed by atoms with Crippen LogP contribution < -0.4 is 10.6 Å². The lowest BCUT2D eigenvalue weighted by Crippen LogP contribution is -2.40. The van der Waals surface area contributed by atoms with Crippen LogP contribution in [-0.4, -0.2) is 34.3 Å². The van der Waals surface area contributed by atoms with Crippen LogP contribution in [0.1, 0.15) is 50.8 Å². The molecule has 0 bridgehead atoms. The number of hydrogen-bond acceptors (Lipinski definition) is 4. The van der Waals surface area contributed by atoms with Crippen LogP contribution in [-0.2, 0) is 0 Å². The molecular formula is C15H25N5. The van der Waals surface area contributed by atoms with Gasteiger partial charge in [-0.3, -0.25) is 5.10 Å². The Kier molecular flexibility index (Phi) is 2.98. The van der Waals surface area contributed by atoms with Crippen LogP contribution >= 0.6 is 0 Å². The average molecular weight is 275 g/mol. The van der Waals surface area contributed by atoms with Crippen LogP contribution in [0.25, 0.3) is 0 Å². The fraction of sp³-hybridized carbons (Fsp3) is 0.867. The maximum atomic E-state index is 6.00. The largest absolute Gasteiger partial charge is 0.340 e. The Balaban J connectivity index is 1.38. The molecule has 0 radical (unpaired) electrons. The molecule has 20 heavy (non-hydrogen) atoms. The molecule has 3 N–H and O–H groups in total. The Bertz CT molecular complexity index is 464. The highest BCUT2D eigenvalue weighted by Crippen LogP contribution is 2.57. The third kappa shape index (κ3) is 2.22. The molecule has 3 aliphatic rings. The van der Waals surface area contributed by atoms with Gasteiger partial charge in [0.2, 0.25) is 5.95 Å². The number of hydrogen-bond donors (Lipinski definition) is 2. The summed E-state index contributed by atoms with van der Waals surface area (Å²) in [5.41, 5.74) is 6.00. The molecule has 1 aromatic heterocycles. The van der Waals surface area contributed by atoms with Crippen molar-refractivity contribution < 1.29 is 0 Å². The summed E-state index contributed by atoms with van der Waals surface area (Å²) in [6.45, 7) is 4.20. The summed E-state index contributed by atoms with van der Waals surface area (Å²) in [7, 11) is 0. The molecule has 2 heterocycles. The molecule has 5 nitrogen and oxygen atoms in total. The molecule has 1 aromatic rings. The van der Waals surface area contributed by atoms with Crippen molar-refractivity contribution in [2.75, 3.05) is 18.0 Å². The van der Waals surface area contributed by atoms with Crippen molar-refractivity contribution in [3.05, 3.63) is 5.82 Å². The van der Waals surface area contributed by atoms with Crippen molar-refractivity contribution in [1.29, 1.82) is 0 Å². The first kappa shape index (κ1) is 12.6. The highest BCUT2D eigenvalue weighted by molar-refractivity contribution is 5.30. The number of aromatic amines is 1. The minimum atomic E-state index is 0.310. The number of nitrogens with one attached hydrogen (secondary N) is 1. The Morgan fingerprint density at radius 3 is 2.55 bits per heavy atom. The van der Waals surface area contributed by atoms with Gasteiger partial charge in [-0.05, 0) is 56.8 Å². The molecule has 4 rings (SSSR count). The zero-order valence-corrected chi connectivity index (χ0v) is 12.3. The van der Waals surface area contributed by atoms with Gasteiger partial charge < -0.3 is 10.6 Å². The second-order valence-electron chi connectivity index (χ2n) is 7.13. The number of anilines is 1. The summed E-state index contributed by atoms with van der Waals surface area (Å²) in [5, 5.41) is 7.65. The minimum absolute atomic E-state index is 0.310. The van der Waals surface area contributed by atoms with E-state index in [4.69, 9.17) is 10.7 Å². The van der Waals surface area contributed by atoms with Crippen molar-refractivity contribution in [2.24, 2.45) is 23.5 Å². The van der Waals surface area contributed by atoms with Crippen molar-refractivity contribution in [1.82, 2.24) is 15.2 Å². The summed E-state index contributed by atoms with van der Waals surface area (Å²) < 4.78 is 0. The van der Waals surface area contributed by atoms with E-state index in [0.29, 0.717) is 17.9 Å². The number of nitrogens with zero attached hydrogens (tertiary/aromatic N) is 3. The Morgan fingerprint density at radius 1 is 1.20 bits per heavy atom. The van der Waals surface area contributed by atoms with Crippen LogP contribution in [0.2, 0.25) is 0 Å². The molecule has 2 aliphatic carbocycles. The predicted molar refractivity (Wildman–Crippen MR) is 78.5 cm³/mol. The van der Waals surface area contributed by atoms with Gasteiger partial charge in [-0.15, -0.1) is 5.10 Å². The molecule has 5 heteroatoms. The van der Waals surface area contributed by atoms with Crippen LogP contribution in [0, 0.1) is 17.8 Å². The fourth-order valence-electron chi connectivity index (χ4n) is 4.15. The van der Waals surface area contributed by atoms with Gasteiger partial charge in [0.1, 0.15) is 5.82 Å². The zero-order valence-electron chi connectivity index (χ0n) is 12.3. The first-order valence-corrected chi connectivity index (χ1v) is 8.13. The molecule has 0 amide bonds. The summed E-state index contributed by atoms with van der Waals surface area (Å²) in [4.78, 5) is 7.08. The summed E-state index contributed by atoms with van der Waals surface area (Å²) in [5.74, 6) is 5.32. The van der Waals surface area contributed by atoms with Gasteiger partial charge >= 0.3 is 0 Å². The van der Waals surface area contributed by atoms with Crippen molar-refractivity contribution in [2.45, 2.75) is 51.0 Å². The maximum Gasteiger partial charge on any atom is 0.244 e. The molecule has 2 saturated carbocycles. The van der Waals surface area contributed by atoms with Crippen LogP contribution in [0.5, 0.6) is 0 Å². The lowest BCUT2D eigenvalue weighted by atomic mass is 9.91. The molecule has 3 fully saturated rings. The van der Waals surface area contributed by atoms with Gasteiger partial charge in [-0.1, -0.05) is 0 Å². The first-order chi connectivity index (χ1) is 9.70. The molecule has 0 spiro atoms. The van der Waals surface area contributed by atoms with Gasteiger partial charge in [-0.25, -0.2) is 0 Å². The SMILES string of the molecule is CC(N)C1CCN(c2n[nH]c(C3CC4CC4C3)n2)CC1. The van der Waals surface area contributed by atoms with E-state index in [1.807, 2.05) is 0 Å². The van der Waals surface area contributed by atoms with Crippen LogP contribution in [0.3, 0.4) is 0 Å². The molecule has 1 aliphatic heterocycles. The predicted octanol–water partition coefficient (Wildman–Crippen LogP) is 1.88. The highest BCUT2D eigenvalue weighted by Gasteiger charge is 2.47. The monoisotopic (exact) mass is 275 g/mol. The van der Waals surface area contributed by atoms with E-state index < -0.39 is 0 Å². The lowest BCUT2D eigenvalue weighted by molar-refractivity contribution is 0.352. The van der Waals surface area contributed by atoms with E-state index in [0.717, 1.165) is 49.5 Å². The van der Waals surface area contributed by atoms with E-state index >= 15 is 0 Å². The average Bonchev–Trinajstić information content (AvgIpc) is 2.91. The standard InChI is InChI=1S/C15H25N5/c1-9(16)10-2-4-20(5-3-10)15-17-14(18-19-15)13-7-11-6-12(11)8-13/h9-13H,2-8,16H2,1H3,(H,17,18,19). The Hall–Kier alpha value is -1.10. The molecule has 1 saturated heterocycles. The Morgan fingerprint density at radius 2 is 1.90 bits per heavy atom. The van der Waals surface area contributed by atoms with Crippen molar-refractivity contribution >= 4 is 5.95 Å². The normalized spacial score (nSPS) is 35.1. The van der Waals surface area contributed by atoms with Crippen molar-refractivity contribution in [3.63, 3.8) is 0 Å².